The molecule has 1 fully saturated rings. The molecule has 0 bridgehead atoms. The van der Waals surface area contributed by atoms with Gasteiger partial charge in [0.15, 0.2) is 0 Å². The molecule has 0 radical (unpaired) electrons. The average molecular weight is 331 g/mol. The number of nitrogens with zero attached hydrogens (tertiary/aromatic N) is 1. The third kappa shape index (κ3) is 3.89. The summed E-state index contributed by atoms with van der Waals surface area (Å²) in [5.41, 5.74) is 2.01. The van der Waals surface area contributed by atoms with E-state index < -0.39 is 0 Å². The topological polar surface area (TPSA) is 65.2 Å². The molecule has 5 nitrogen and oxygen atoms in total. The van der Waals surface area contributed by atoms with Crippen LogP contribution in [-0.2, 0) is 11.2 Å². The number of aryl methyl sites for hydroxylation is 1. The molecule has 0 aromatic carbocycles. The highest BCUT2D eigenvalue weighted by molar-refractivity contribution is 5.82. The number of hydrogen-bond donors (Lipinski definition) is 2. The molecule has 0 unspecified atom stereocenters. The minimum absolute atomic E-state index is 0.00529. The van der Waals surface area contributed by atoms with Crippen LogP contribution < -0.4 is 10.9 Å². The number of piperidine rings is 1. The van der Waals surface area contributed by atoms with Crippen LogP contribution >= 0.6 is 0 Å². The first-order valence-corrected chi connectivity index (χ1v) is 9.31. The summed E-state index contributed by atoms with van der Waals surface area (Å²) in [5.74, 6) is 0.721. The fourth-order valence-electron chi connectivity index (χ4n) is 4.09. The lowest BCUT2D eigenvalue weighted by molar-refractivity contribution is -0.128. The van der Waals surface area contributed by atoms with E-state index >= 15 is 0 Å². The SMILES string of the molecule is CC(C)CN1CCCC[C@@H]1C(=O)N[C@@H]1CCCc2[nH]c(=O)ccc21. The van der Waals surface area contributed by atoms with Gasteiger partial charge in [-0.1, -0.05) is 20.3 Å². The number of aromatic amines is 1. The van der Waals surface area contributed by atoms with Gasteiger partial charge in [-0.15, -0.1) is 0 Å². The third-order valence-electron chi connectivity index (χ3n) is 5.16. The van der Waals surface area contributed by atoms with Crippen molar-refractivity contribution in [3.05, 3.63) is 33.7 Å². The zero-order chi connectivity index (χ0) is 17.1. The maximum absolute atomic E-state index is 12.9. The Morgan fingerprint density at radius 3 is 2.92 bits per heavy atom. The molecule has 1 aliphatic carbocycles. The number of amides is 1. The van der Waals surface area contributed by atoms with Crippen LogP contribution in [0.3, 0.4) is 0 Å². The monoisotopic (exact) mass is 331 g/mol. The zero-order valence-electron chi connectivity index (χ0n) is 14.8. The van der Waals surface area contributed by atoms with Crippen molar-refractivity contribution in [1.29, 1.82) is 0 Å². The number of hydrogen-bond acceptors (Lipinski definition) is 3. The van der Waals surface area contributed by atoms with Crippen molar-refractivity contribution in [3.63, 3.8) is 0 Å². The predicted octanol–water partition coefficient (Wildman–Crippen LogP) is 2.38. The summed E-state index contributed by atoms with van der Waals surface area (Å²) in [7, 11) is 0. The van der Waals surface area contributed by atoms with Crippen molar-refractivity contribution in [1.82, 2.24) is 15.2 Å². The second kappa shape index (κ2) is 7.51. The molecule has 2 atom stereocenters. The van der Waals surface area contributed by atoms with Crippen LogP contribution in [0.2, 0.25) is 0 Å². The van der Waals surface area contributed by atoms with Gasteiger partial charge in [0.1, 0.15) is 0 Å². The number of aromatic nitrogens is 1. The van der Waals surface area contributed by atoms with Gasteiger partial charge in [-0.2, -0.15) is 0 Å². The minimum atomic E-state index is -0.0592. The molecule has 132 valence electrons. The molecule has 5 heteroatoms. The van der Waals surface area contributed by atoms with Gasteiger partial charge in [0.25, 0.3) is 0 Å². The van der Waals surface area contributed by atoms with E-state index in [0.717, 1.165) is 56.5 Å². The van der Waals surface area contributed by atoms with Crippen molar-refractivity contribution in [2.75, 3.05) is 13.1 Å². The van der Waals surface area contributed by atoms with Crippen LogP contribution in [0.5, 0.6) is 0 Å². The number of carbonyl (C=O) groups excluding carboxylic acids is 1. The van der Waals surface area contributed by atoms with E-state index in [1.165, 1.54) is 6.42 Å². The first-order valence-electron chi connectivity index (χ1n) is 9.31. The maximum atomic E-state index is 12.9. The van der Waals surface area contributed by atoms with E-state index in [0.29, 0.717) is 5.92 Å². The average Bonchev–Trinajstić information content (AvgIpc) is 2.54. The summed E-state index contributed by atoms with van der Waals surface area (Å²) in [4.78, 5) is 29.7. The van der Waals surface area contributed by atoms with Crippen molar-refractivity contribution >= 4 is 5.91 Å². The number of fused-ring (bicyclic) bond motifs is 1. The summed E-state index contributed by atoms with van der Waals surface area (Å²) in [5, 5.41) is 3.26. The van der Waals surface area contributed by atoms with Crippen molar-refractivity contribution in [2.24, 2.45) is 5.92 Å². The van der Waals surface area contributed by atoms with Gasteiger partial charge in [0, 0.05) is 18.3 Å². The molecule has 3 rings (SSSR count). The first-order chi connectivity index (χ1) is 11.5. The zero-order valence-corrected chi connectivity index (χ0v) is 14.8. The van der Waals surface area contributed by atoms with E-state index in [1.807, 2.05) is 6.07 Å². The molecule has 1 amide bonds. The van der Waals surface area contributed by atoms with Gasteiger partial charge in [-0.3, -0.25) is 14.5 Å². The Morgan fingerprint density at radius 2 is 2.12 bits per heavy atom. The lowest BCUT2D eigenvalue weighted by atomic mass is 9.90. The Hall–Kier alpha value is -1.62. The van der Waals surface area contributed by atoms with Crippen molar-refractivity contribution < 1.29 is 4.79 Å². The van der Waals surface area contributed by atoms with Gasteiger partial charge >= 0.3 is 0 Å². The number of H-pyrrole nitrogens is 1. The van der Waals surface area contributed by atoms with E-state index in [9.17, 15) is 9.59 Å². The Morgan fingerprint density at radius 1 is 1.29 bits per heavy atom. The van der Waals surface area contributed by atoms with Gasteiger partial charge in [0.05, 0.1) is 12.1 Å². The van der Waals surface area contributed by atoms with Crippen LogP contribution in [0, 0.1) is 5.92 Å². The molecule has 1 aromatic heterocycles. The minimum Gasteiger partial charge on any atom is -0.348 e. The summed E-state index contributed by atoms with van der Waals surface area (Å²) in [6, 6.07) is 3.47. The number of carbonyl (C=O) groups is 1. The van der Waals surface area contributed by atoms with Crippen LogP contribution in [-0.4, -0.2) is 34.9 Å². The Balaban J connectivity index is 1.71. The molecular weight excluding hydrogens is 302 g/mol. The van der Waals surface area contributed by atoms with E-state index in [4.69, 9.17) is 0 Å². The van der Waals surface area contributed by atoms with Crippen molar-refractivity contribution in [2.45, 2.75) is 64.5 Å². The third-order valence-corrected chi connectivity index (χ3v) is 5.16. The number of rotatable bonds is 4. The standard InChI is InChI=1S/C19H29N3O2/c1-13(2)12-22-11-4-3-8-17(22)19(24)21-16-7-5-6-15-14(16)9-10-18(23)20-15/h9-10,13,16-17H,3-8,11-12H2,1-2H3,(H,20,23)(H,21,24)/t16-,17-/m1/s1. The van der Waals surface area contributed by atoms with E-state index in [1.54, 1.807) is 6.07 Å². The van der Waals surface area contributed by atoms with Crippen LogP contribution in [0.4, 0.5) is 0 Å². The second-order valence-electron chi connectivity index (χ2n) is 7.61. The second-order valence-corrected chi connectivity index (χ2v) is 7.61. The Kier molecular flexibility index (Phi) is 5.39. The van der Waals surface area contributed by atoms with Crippen LogP contribution in [0.1, 0.15) is 63.3 Å². The highest BCUT2D eigenvalue weighted by Crippen LogP contribution is 2.28. The molecule has 24 heavy (non-hydrogen) atoms. The molecular formula is C19H29N3O2. The van der Waals surface area contributed by atoms with Crippen LogP contribution in [0.15, 0.2) is 16.9 Å². The molecule has 0 spiro atoms. The lowest BCUT2D eigenvalue weighted by Crippen LogP contribution is -2.51. The normalized spacial score (nSPS) is 24.6. The molecule has 1 aromatic rings. The van der Waals surface area contributed by atoms with E-state index in [-0.39, 0.29) is 23.6 Å². The van der Waals surface area contributed by atoms with Crippen LogP contribution in [0.25, 0.3) is 0 Å². The largest absolute Gasteiger partial charge is 0.348 e. The molecule has 2 heterocycles. The molecule has 1 aliphatic heterocycles. The Bertz CT molecular complexity index is 638. The molecule has 2 aliphatic rings. The van der Waals surface area contributed by atoms with Crippen molar-refractivity contribution in [3.8, 4) is 0 Å². The quantitative estimate of drug-likeness (QED) is 0.890. The molecule has 2 N–H and O–H groups in total. The number of pyridine rings is 1. The molecule has 1 saturated heterocycles. The summed E-state index contributed by atoms with van der Waals surface area (Å²) in [6.45, 7) is 6.41. The van der Waals surface area contributed by atoms with Gasteiger partial charge < -0.3 is 10.3 Å². The number of nitrogens with one attached hydrogen (secondary N) is 2. The van der Waals surface area contributed by atoms with Gasteiger partial charge in [-0.05, 0) is 56.2 Å². The smallest absolute Gasteiger partial charge is 0.248 e. The summed E-state index contributed by atoms with van der Waals surface area (Å²) in [6.07, 6.45) is 6.09. The highest BCUT2D eigenvalue weighted by atomic mass is 16.2. The van der Waals surface area contributed by atoms with Gasteiger partial charge in [-0.25, -0.2) is 0 Å². The fraction of sp³-hybridized carbons (Fsp3) is 0.684. The number of likely N-dealkylation sites (tertiary alicyclic amines) is 1. The molecule has 0 saturated carbocycles. The summed E-state index contributed by atoms with van der Waals surface area (Å²) >= 11 is 0. The Labute approximate surface area is 143 Å². The lowest BCUT2D eigenvalue weighted by Gasteiger charge is -2.37. The first kappa shape index (κ1) is 17.2. The maximum Gasteiger partial charge on any atom is 0.248 e. The van der Waals surface area contributed by atoms with Gasteiger partial charge in [0.2, 0.25) is 11.5 Å². The predicted molar refractivity (Wildman–Crippen MR) is 94.9 cm³/mol. The van der Waals surface area contributed by atoms with E-state index in [2.05, 4.69) is 29.0 Å². The highest BCUT2D eigenvalue weighted by Gasteiger charge is 2.31. The summed E-state index contributed by atoms with van der Waals surface area (Å²) < 4.78 is 0. The fourth-order valence-corrected chi connectivity index (χ4v) is 4.09.